The molecule has 0 aromatic carbocycles. The molecule has 1 aliphatic rings. The smallest absolute Gasteiger partial charge is 0.252 e. The van der Waals surface area contributed by atoms with Crippen LogP contribution in [0.3, 0.4) is 0 Å². The Labute approximate surface area is 129 Å². The molecule has 2 rings (SSSR count). The van der Waals surface area contributed by atoms with Crippen LogP contribution in [0.15, 0.2) is 10.3 Å². The number of hydrogen-bond donors (Lipinski definition) is 1. The molecule has 1 aromatic heterocycles. The van der Waals surface area contributed by atoms with E-state index in [-0.39, 0.29) is 24.5 Å². The summed E-state index contributed by atoms with van der Waals surface area (Å²) in [5, 5.41) is 3.27. The lowest BCUT2D eigenvalue weighted by molar-refractivity contribution is 0.245. The topological polar surface area (TPSA) is 49.4 Å². The van der Waals surface area contributed by atoms with Crippen LogP contribution in [0.5, 0.6) is 0 Å². The van der Waals surface area contributed by atoms with Gasteiger partial charge in [-0.2, -0.15) is 4.31 Å². The van der Waals surface area contributed by atoms with E-state index >= 15 is 0 Å². The van der Waals surface area contributed by atoms with E-state index in [1.165, 1.54) is 0 Å². The minimum atomic E-state index is -3.42. The van der Waals surface area contributed by atoms with Crippen molar-refractivity contribution in [3.05, 3.63) is 16.0 Å². The third-order valence-corrected chi connectivity index (χ3v) is 7.09. The van der Waals surface area contributed by atoms with Crippen LogP contribution >= 0.6 is 35.3 Å². The highest BCUT2D eigenvalue weighted by molar-refractivity contribution is 7.91. The zero-order chi connectivity index (χ0) is 13.5. The average molecular weight is 345 g/mol. The van der Waals surface area contributed by atoms with Gasteiger partial charge in [-0.15, -0.1) is 23.7 Å². The summed E-state index contributed by atoms with van der Waals surface area (Å²) >= 11 is 7.10. The summed E-state index contributed by atoms with van der Waals surface area (Å²) in [6.45, 7) is 6.90. The van der Waals surface area contributed by atoms with Gasteiger partial charge in [-0.1, -0.05) is 11.6 Å². The van der Waals surface area contributed by atoms with Gasteiger partial charge in [0.05, 0.1) is 4.34 Å². The number of thiophene rings is 1. The monoisotopic (exact) mass is 344 g/mol. The lowest BCUT2D eigenvalue weighted by Crippen LogP contribution is -2.55. The number of aryl methyl sites for hydroxylation is 1. The second-order valence-electron chi connectivity index (χ2n) is 4.76. The zero-order valence-corrected chi connectivity index (χ0v) is 14.2. The van der Waals surface area contributed by atoms with Crippen molar-refractivity contribution in [1.29, 1.82) is 0 Å². The highest BCUT2D eigenvalue weighted by Crippen LogP contribution is 2.33. The third kappa shape index (κ3) is 3.43. The molecule has 0 saturated carbocycles. The van der Waals surface area contributed by atoms with Gasteiger partial charge in [0.1, 0.15) is 4.21 Å². The number of piperazine rings is 1. The highest BCUT2D eigenvalue weighted by Gasteiger charge is 2.34. The van der Waals surface area contributed by atoms with Gasteiger partial charge in [0, 0.05) is 25.2 Å². The van der Waals surface area contributed by atoms with Gasteiger partial charge in [0.25, 0.3) is 10.0 Å². The fourth-order valence-corrected chi connectivity index (χ4v) is 5.55. The Balaban J connectivity index is 0.00000180. The van der Waals surface area contributed by atoms with E-state index in [4.69, 9.17) is 11.6 Å². The molecule has 0 amide bonds. The van der Waals surface area contributed by atoms with Crippen molar-refractivity contribution in [2.24, 2.45) is 0 Å². The summed E-state index contributed by atoms with van der Waals surface area (Å²) in [5.41, 5.74) is 0.816. The van der Waals surface area contributed by atoms with Crippen LogP contribution in [0.1, 0.15) is 19.4 Å². The van der Waals surface area contributed by atoms with Gasteiger partial charge in [0.2, 0.25) is 0 Å². The summed E-state index contributed by atoms with van der Waals surface area (Å²) in [6, 6.07) is 1.79. The molecule has 110 valence electrons. The summed E-state index contributed by atoms with van der Waals surface area (Å²) in [7, 11) is -3.42. The van der Waals surface area contributed by atoms with E-state index in [0.29, 0.717) is 21.6 Å². The summed E-state index contributed by atoms with van der Waals surface area (Å²) in [5.74, 6) is 0. The van der Waals surface area contributed by atoms with Gasteiger partial charge in [-0.05, 0) is 32.4 Å². The van der Waals surface area contributed by atoms with Crippen molar-refractivity contribution >= 4 is 45.4 Å². The first-order valence-corrected chi connectivity index (χ1v) is 8.47. The van der Waals surface area contributed by atoms with Crippen LogP contribution in [0.4, 0.5) is 0 Å². The molecule has 1 aliphatic heterocycles. The number of nitrogens with zero attached hydrogens (tertiary/aromatic N) is 1. The maximum absolute atomic E-state index is 12.6. The third-order valence-electron chi connectivity index (χ3n) is 3.10. The Morgan fingerprint density at radius 2 is 2.11 bits per heavy atom. The average Bonchev–Trinajstić information content (AvgIpc) is 2.63. The quantitative estimate of drug-likeness (QED) is 0.896. The molecule has 1 N–H and O–H groups in total. The number of sulfonamides is 1. The van der Waals surface area contributed by atoms with Gasteiger partial charge in [-0.25, -0.2) is 8.42 Å². The van der Waals surface area contributed by atoms with Crippen LogP contribution in [0.25, 0.3) is 0 Å². The maximum atomic E-state index is 12.6. The maximum Gasteiger partial charge on any atom is 0.252 e. The zero-order valence-electron chi connectivity index (χ0n) is 11.0. The van der Waals surface area contributed by atoms with E-state index in [1.54, 1.807) is 10.4 Å². The predicted octanol–water partition coefficient (Wildman–Crippen LogP) is 2.50. The van der Waals surface area contributed by atoms with Crippen LogP contribution in [0.2, 0.25) is 4.34 Å². The van der Waals surface area contributed by atoms with E-state index in [2.05, 4.69) is 5.32 Å². The lowest BCUT2D eigenvalue weighted by Gasteiger charge is -2.36. The number of halogens is 2. The lowest BCUT2D eigenvalue weighted by atomic mass is 10.2. The largest absolute Gasteiger partial charge is 0.311 e. The van der Waals surface area contributed by atoms with Crippen LogP contribution in [0, 0.1) is 6.92 Å². The van der Waals surface area contributed by atoms with Crippen molar-refractivity contribution in [1.82, 2.24) is 9.62 Å². The molecular weight excluding hydrogens is 327 g/mol. The molecule has 0 bridgehead atoms. The predicted molar refractivity (Wildman–Crippen MR) is 82.1 cm³/mol. The second-order valence-corrected chi connectivity index (χ2v) is 8.53. The van der Waals surface area contributed by atoms with Crippen molar-refractivity contribution < 1.29 is 8.42 Å². The SMILES string of the molecule is Cc1cc(S(=O)(=O)N2CC(C)NCC2C)sc1Cl.Cl. The second kappa shape index (κ2) is 6.28. The Morgan fingerprint density at radius 3 is 2.63 bits per heavy atom. The standard InChI is InChI=1S/C11H17ClN2O2S2.ClH/c1-7-4-10(17-11(7)12)18(15,16)14-6-8(2)13-5-9(14)3;/h4,8-9,13H,5-6H2,1-3H3;1H. The first-order chi connectivity index (χ1) is 8.32. The summed E-state index contributed by atoms with van der Waals surface area (Å²) in [4.78, 5) is 0. The summed E-state index contributed by atoms with van der Waals surface area (Å²) in [6.07, 6.45) is 0. The molecule has 2 atom stereocenters. The number of nitrogens with one attached hydrogen (secondary N) is 1. The molecule has 2 unspecified atom stereocenters. The normalized spacial score (nSPS) is 25.1. The Hall–Kier alpha value is 0.150. The Bertz CT molecular complexity index is 525. The minimum Gasteiger partial charge on any atom is -0.311 e. The first-order valence-electron chi connectivity index (χ1n) is 5.83. The number of rotatable bonds is 2. The van der Waals surface area contributed by atoms with Crippen LogP contribution < -0.4 is 5.32 Å². The molecule has 4 nitrogen and oxygen atoms in total. The van der Waals surface area contributed by atoms with Gasteiger partial charge in [0.15, 0.2) is 0 Å². The van der Waals surface area contributed by atoms with Crippen molar-refractivity contribution in [3.8, 4) is 0 Å². The molecule has 0 radical (unpaired) electrons. The molecule has 0 aliphatic carbocycles. The fraction of sp³-hybridized carbons (Fsp3) is 0.636. The van der Waals surface area contributed by atoms with E-state index in [1.807, 2.05) is 20.8 Å². The molecular formula is C11H18Cl2N2O2S2. The number of hydrogen-bond acceptors (Lipinski definition) is 4. The van der Waals surface area contributed by atoms with Crippen LogP contribution in [-0.2, 0) is 10.0 Å². The van der Waals surface area contributed by atoms with Gasteiger partial charge in [-0.3, -0.25) is 0 Å². The molecule has 2 heterocycles. The first kappa shape index (κ1) is 17.2. The van der Waals surface area contributed by atoms with Crippen LogP contribution in [-0.4, -0.2) is 37.9 Å². The van der Waals surface area contributed by atoms with Crippen molar-refractivity contribution in [3.63, 3.8) is 0 Å². The fourth-order valence-electron chi connectivity index (χ4n) is 2.00. The molecule has 8 heteroatoms. The highest BCUT2D eigenvalue weighted by atomic mass is 35.5. The van der Waals surface area contributed by atoms with Gasteiger partial charge < -0.3 is 5.32 Å². The molecule has 19 heavy (non-hydrogen) atoms. The minimum absolute atomic E-state index is 0. The van der Waals surface area contributed by atoms with E-state index in [0.717, 1.165) is 16.9 Å². The molecule has 0 spiro atoms. The van der Waals surface area contributed by atoms with Crippen molar-refractivity contribution in [2.75, 3.05) is 13.1 Å². The van der Waals surface area contributed by atoms with Gasteiger partial charge >= 0.3 is 0 Å². The molecule has 1 fully saturated rings. The van der Waals surface area contributed by atoms with E-state index < -0.39 is 10.0 Å². The summed E-state index contributed by atoms with van der Waals surface area (Å²) < 4.78 is 27.6. The van der Waals surface area contributed by atoms with E-state index in [9.17, 15) is 8.42 Å². The Kier molecular flexibility index (Phi) is 5.69. The van der Waals surface area contributed by atoms with Crippen molar-refractivity contribution in [2.45, 2.75) is 37.1 Å². The Morgan fingerprint density at radius 1 is 1.47 bits per heavy atom. The molecule has 1 aromatic rings. The molecule has 1 saturated heterocycles.